The van der Waals surface area contributed by atoms with Crippen LogP contribution in [0.1, 0.15) is 5.69 Å². The van der Waals surface area contributed by atoms with E-state index in [2.05, 4.69) is 16.7 Å². The molecule has 0 aliphatic carbocycles. The molecule has 50 valence electrons. The zero-order valence-corrected chi connectivity index (χ0v) is 5.19. The van der Waals surface area contributed by atoms with E-state index in [0.717, 1.165) is 5.69 Å². The second kappa shape index (κ2) is 1.70. The summed E-state index contributed by atoms with van der Waals surface area (Å²) in [6.45, 7) is 3.58. The van der Waals surface area contributed by atoms with E-state index in [9.17, 15) is 0 Å². The zero-order valence-electron chi connectivity index (χ0n) is 5.19. The van der Waals surface area contributed by atoms with Crippen molar-refractivity contribution in [3.05, 3.63) is 24.7 Å². The molecule has 2 heterocycles. The predicted octanol–water partition coefficient (Wildman–Crippen LogP) is 0.965. The van der Waals surface area contributed by atoms with Crippen LogP contribution < -0.4 is 0 Å². The van der Waals surface area contributed by atoms with Gasteiger partial charge in [0.05, 0.1) is 6.20 Å². The minimum Gasteiger partial charge on any atom is -0.261 e. The molecule has 4 nitrogen and oxygen atoms in total. The van der Waals surface area contributed by atoms with Crippen molar-refractivity contribution >= 4 is 11.7 Å². The van der Waals surface area contributed by atoms with Gasteiger partial charge in [0.25, 0.3) is 0 Å². The highest BCUT2D eigenvalue weighted by Gasteiger charge is 2.00. The van der Waals surface area contributed by atoms with E-state index in [1.165, 1.54) is 4.57 Å². The van der Waals surface area contributed by atoms with Crippen molar-refractivity contribution in [2.24, 2.45) is 0 Å². The Bertz CT molecular complexity index is 360. The van der Waals surface area contributed by atoms with Crippen LogP contribution in [0.4, 0.5) is 0 Å². The van der Waals surface area contributed by atoms with Crippen LogP contribution in [0.3, 0.4) is 0 Å². The van der Waals surface area contributed by atoms with Crippen LogP contribution in [0.25, 0.3) is 11.7 Å². The third kappa shape index (κ3) is 0.500. The molecule has 0 amide bonds. The van der Waals surface area contributed by atoms with Crippen LogP contribution in [0.2, 0.25) is 0 Å². The molecule has 2 rings (SSSR count). The Morgan fingerprint density at radius 3 is 3.30 bits per heavy atom. The molecular formula is C6H5N3O. The van der Waals surface area contributed by atoms with E-state index in [-0.39, 0.29) is 0 Å². The average molecular weight is 135 g/mol. The summed E-state index contributed by atoms with van der Waals surface area (Å²) in [5.74, 6) is 0. The molecule has 0 aliphatic heterocycles. The SMILES string of the molecule is C=Cc1cnc2cnon12. The Labute approximate surface area is 56.7 Å². The van der Waals surface area contributed by atoms with Gasteiger partial charge in [0.15, 0.2) is 5.65 Å². The van der Waals surface area contributed by atoms with Crippen LogP contribution in [-0.4, -0.2) is 14.7 Å². The molecule has 0 radical (unpaired) electrons. The van der Waals surface area contributed by atoms with E-state index in [1.807, 2.05) is 0 Å². The maximum atomic E-state index is 4.81. The topological polar surface area (TPSA) is 43.3 Å². The van der Waals surface area contributed by atoms with Crippen LogP contribution in [0.15, 0.2) is 23.6 Å². The van der Waals surface area contributed by atoms with Gasteiger partial charge in [-0.2, -0.15) is 0 Å². The van der Waals surface area contributed by atoms with Gasteiger partial charge in [0, 0.05) is 0 Å². The normalized spacial score (nSPS) is 10.4. The first-order chi connectivity index (χ1) is 4.92. The first-order valence-corrected chi connectivity index (χ1v) is 2.83. The molecule has 2 aromatic rings. The molecule has 0 fully saturated rings. The fourth-order valence-electron chi connectivity index (χ4n) is 0.798. The molecule has 0 unspecified atom stereocenters. The molecule has 0 saturated heterocycles. The summed E-state index contributed by atoms with van der Waals surface area (Å²) in [5, 5.41) is 3.55. The third-order valence-corrected chi connectivity index (χ3v) is 1.28. The van der Waals surface area contributed by atoms with Crippen LogP contribution in [0, 0.1) is 0 Å². The van der Waals surface area contributed by atoms with Gasteiger partial charge >= 0.3 is 0 Å². The lowest BCUT2D eigenvalue weighted by Gasteiger charge is -1.80. The zero-order chi connectivity index (χ0) is 6.97. The van der Waals surface area contributed by atoms with E-state index in [4.69, 9.17) is 4.63 Å². The summed E-state index contributed by atoms with van der Waals surface area (Å²) in [7, 11) is 0. The monoisotopic (exact) mass is 135 g/mol. The van der Waals surface area contributed by atoms with Gasteiger partial charge in [-0.05, 0) is 6.08 Å². The summed E-state index contributed by atoms with van der Waals surface area (Å²) in [5.41, 5.74) is 1.52. The maximum Gasteiger partial charge on any atom is 0.193 e. The Kier molecular flexibility index (Phi) is 0.887. The van der Waals surface area contributed by atoms with Gasteiger partial charge < -0.3 is 0 Å². The molecule has 0 bridgehead atoms. The van der Waals surface area contributed by atoms with Crippen molar-refractivity contribution in [2.75, 3.05) is 0 Å². The summed E-state index contributed by atoms with van der Waals surface area (Å²) in [4.78, 5) is 3.98. The number of imidazole rings is 1. The number of hydrogen-bond acceptors (Lipinski definition) is 3. The molecular weight excluding hydrogens is 130 g/mol. The quantitative estimate of drug-likeness (QED) is 0.585. The minimum atomic E-state index is 0.704. The van der Waals surface area contributed by atoms with Crippen molar-refractivity contribution in [1.29, 1.82) is 0 Å². The number of hydrogen-bond donors (Lipinski definition) is 0. The Hall–Kier alpha value is -1.58. The molecule has 0 atom stereocenters. The van der Waals surface area contributed by atoms with Gasteiger partial charge in [0.2, 0.25) is 0 Å². The lowest BCUT2D eigenvalue weighted by Crippen LogP contribution is -1.77. The van der Waals surface area contributed by atoms with Gasteiger partial charge in [-0.1, -0.05) is 11.7 Å². The average Bonchev–Trinajstić information content (AvgIpc) is 2.44. The van der Waals surface area contributed by atoms with Crippen molar-refractivity contribution in [3.8, 4) is 0 Å². The smallest absolute Gasteiger partial charge is 0.193 e. The fraction of sp³-hybridized carbons (Fsp3) is 0. The Morgan fingerprint density at radius 1 is 1.60 bits per heavy atom. The third-order valence-electron chi connectivity index (χ3n) is 1.28. The molecule has 0 aliphatic rings. The highest BCUT2D eigenvalue weighted by Crippen LogP contribution is 2.04. The second-order valence-electron chi connectivity index (χ2n) is 1.86. The molecule has 10 heavy (non-hydrogen) atoms. The van der Waals surface area contributed by atoms with Gasteiger partial charge in [-0.25, -0.2) is 4.98 Å². The summed E-state index contributed by atoms with van der Waals surface area (Å²) >= 11 is 0. The number of fused-ring (bicyclic) bond motifs is 1. The molecule has 0 N–H and O–H groups in total. The van der Waals surface area contributed by atoms with Crippen LogP contribution in [0.5, 0.6) is 0 Å². The lowest BCUT2D eigenvalue weighted by molar-refractivity contribution is 0.272. The van der Waals surface area contributed by atoms with E-state index >= 15 is 0 Å². The van der Waals surface area contributed by atoms with Crippen molar-refractivity contribution in [1.82, 2.24) is 14.7 Å². The molecule has 0 aromatic carbocycles. The largest absolute Gasteiger partial charge is 0.261 e. The lowest BCUT2D eigenvalue weighted by atomic mass is 10.5. The summed E-state index contributed by atoms with van der Waals surface area (Å²) < 4.78 is 6.32. The molecule has 2 aromatic heterocycles. The van der Waals surface area contributed by atoms with E-state index < -0.39 is 0 Å². The van der Waals surface area contributed by atoms with Gasteiger partial charge in [-0.15, -0.1) is 4.57 Å². The molecule has 4 heteroatoms. The van der Waals surface area contributed by atoms with Crippen LogP contribution >= 0.6 is 0 Å². The fourth-order valence-corrected chi connectivity index (χ4v) is 0.798. The van der Waals surface area contributed by atoms with Crippen molar-refractivity contribution in [2.45, 2.75) is 0 Å². The standard InChI is InChI=1S/C6H5N3O/c1-2-5-3-7-6-4-8-10-9(5)6/h2-4H,1H2. The van der Waals surface area contributed by atoms with Gasteiger partial charge in [0.1, 0.15) is 11.9 Å². The van der Waals surface area contributed by atoms with Crippen LogP contribution in [-0.2, 0) is 0 Å². The highest BCUT2D eigenvalue weighted by atomic mass is 16.6. The highest BCUT2D eigenvalue weighted by molar-refractivity contribution is 5.47. The van der Waals surface area contributed by atoms with E-state index in [1.54, 1.807) is 18.5 Å². The predicted molar refractivity (Wildman–Crippen MR) is 35.3 cm³/mol. The maximum absolute atomic E-state index is 4.81. The summed E-state index contributed by atoms with van der Waals surface area (Å²) in [6.07, 6.45) is 4.88. The second-order valence-corrected chi connectivity index (χ2v) is 1.86. The summed E-state index contributed by atoms with van der Waals surface area (Å²) in [6, 6.07) is 0. The Morgan fingerprint density at radius 2 is 2.50 bits per heavy atom. The van der Waals surface area contributed by atoms with E-state index in [0.29, 0.717) is 5.65 Å². The minimum absolute atomic E-state index is 0.704. The molecule has 0 saturated carbocycles. The number of nitrogens with zero attached hydrogens (tertiary/aromatic N) is 3. The number of aromatic nitrogens is 3. The molecule has 0 spiro atoms. The first-order valence-electron chi connectivity index (χ1n) is 2.83. The van der Waals surface area contributed by atoms with Crippen molar-refractivity contribution in [3.63, 3.8) is 0 Å². The van der Waals surface area contributed by atoms with Gasteiger partial charge in [-0.3, -0.25) is 4.63 Å². The number of rotatable bonds is 1. The van der Waals surface area contributed by atoms with Crippen molar-refractivity contribution < 1.29 is 4.63 Å². The Balaban J connectivity index is 2.88. The first kappa shape index (κ1) is 5.22.